The van der Waals surface area contributed by atoms with E-state index < -0.39 is 40.4 Å². The smallest absolute Gasteiger partial charge is 0.417 e. The number of hydrogen-bond donors (Lipinski definition) is 2. The predicted molar refractivity (Wildman–Crippen MR) is 50.1 cm³/mol. The van der Waals surface area contributed by atoms with Crippen molar-refractivity contribution in [2.24, 2.45) is 0 Å². The van der Waals surface area contributed by atoms with E-state index in [0.717, 1.165) is 13.0 Å². The Morgan fingerprint density at radius 3 is 2.00 bits per heavy atom. The van der Waals surface area contributed by atoms with E-state index in [1.165, 1.54) is 0 Å². The molecule has 0 aliphatic rings. The zero-order valence-electron chi connectivity index (χ0n) is 8.50. The number of hydrogen-bond acceptors (Lipinski definition) is 2. The fraction of sp³-hybridized carbons (Fsp3) is 0.200. The van der Waals surface area contributed by atoms with Crippen molar-refractivity contribution in [3.05, 3.63) is 34.4 Å². The van der Waals surface area contributed by atoms with Gasteiger partial charge >= 0.3 is 18.1 Å². The van der Waals surface area contributed by atoms with Gasteiger partial charge in [-0.2, -0.15) is 13.2 Å². The highest BCUT2D eigenvalue weighted by Gasteiger charge is 2.37. The number of aromatic carboxylic acids is 2. The monoisotopic (exact) mass is 248 g/mol. The highest BCUT2D eigenvalue weighted by Crippen LogP contribution is 2.35. The molecule has 1 aromatic carbocycles. The first kappa shape index (κ1) is 13.0. The van der Waals surface area contributed by atoms with Crippen LogP contribution in [0.1, 0.15) is 31.8 Å². The average molecular weight is 248 g/mol. The van der Waals surface area contributed by atoms with Crippen molar-refractivity contribution < 1.29 is 33.0 Å². The van der Waals surface area contributed by atoms with Crippen LogP contribution in [-0.4, -0.2) is 22.2 Å². The largest absolute Gasteiger partial charge is 0.478 e. The van der Waals surface area contributed by atoms with E-state index in [2.05, 4.69) is 0 Å². The first-order valence-corrected chi connectivity index (χ1v) is 4.33. The second-order valence-electron chi connectivity index (χ2n) is 3.32. The molecule has 0 aromatic heterocycles. The van der Waals surface area contributed by atoms with Gasteiger partial charge < -0.3 is 10.2 Å². The molecule has 0 unspecified atom stereocenters. The molecule has 0 heterocycles. The highest BCUT2D eigenvalue weighted by molar-refractivity contribution is 5.95. The van der Waals surface area contributed by atoms with Crippen LogP contribution in [0.25, 0.3) is 0 Å². The van der Waals surface area contributed by atoms with Gasteiger partial charge in [0, 0.05) is 0 Å². The molecule has 0 saturated carbocycles. The van der Waals surface area contributed by atoms with E-state index in [4.69, 9.17) is 10.2 Å². The molecule has 7 heteroatoms. The number of benzene rings is 1. The Kier molecular flexibility index (Phi) is 3.12. The van der Waals surface area contributed by atoms with Crippen LogP contribution in [0.4, 0.5) is 13.2 Å². The topological polar surface area (TPSA) is 74.6 Å². The van der Waals surface area contributed by atoms with Crippen LogP contribution in [0.15, 0.2) is 12.1 Å². The van der Waals surface area contributed by atoms with E-state index in [9.17, 15) is 22.8 Å². The lowest BCUT2D eigenvalue weighted by Crippen LogP contribution is -2.16. The van der Waals surface area contributed by atoms with Gasteiger partial charge in [-0.25, -0.2) is 9.59 Å². The Morgan fingerprint density at radius 2 is 1.65 bits per heavy atom. The van der Waals surface area contributed by atoms with Gasteiger partial charge in [0.05, 0.1) is 16.7 Å². The van der Waals surface area contributed by atoms with Gasteiger partial charge in [0.25, 0.3) is 0 Å². The quantitative estimate of drug-likeness (QED) is 0.842. The van der Waals surface area contributed by atoms with E-state index in [1.54, 1.807) is 0 Å². The Morgan fingerprint density at radius 1 is 1.12 bits per heavy atom. The van der Waals surface area contributed by atoms with E-state index >= 15 is 0 Å². The summed E-state index contributed by atoms with van der Waals surface area (Å²) in [6, 6.07) is 1.29. The molecular formula is C10H7F3O4. The summed E-state index contributed by atoms with van der Waals surface area (Å²) in [7, 11) is 0. The van der Waals surface area contributed by atoms with Crippen LogP contribution >= 0.6 is 0 Å². The van der Waals surface area contributed by atoms with Gasteiger partial charge in [0.1, 0.15) is 0 Å². The van der Waals surface area contributed by atoms with E-state index in [-0.39, 0.29) is 0 Å². The maximum absolute atomic E-state index is 12.6. The molecular weight excluding hydrogens is 241 g/mol. The summed E-state index contributed by atoms with van der Waals surface area (Å²) in [5, 5.41) is 17.3. The minimum Gasteiger partial charge on any atom is -0.478 e. The van der Waals surface area contributed by atoms with Crippen molar-refractivity contribution in [1.82, 2.24) is 0 Å². The zero-order valence-corrected chi connectivity index (χ0v) is 8.50. The lowest BCUT2D eigenvalue weighted by molar-refractivity contribution is -0.138. The lowest BCUT2D eigenvalue weighted by atomic mass is 9.98. The Labute approximate surface area is 93.3 Å². The number of halogens is 3. The summed E-state index contributed by atoms with van der Waals surface area (Å²) in [6.45, 7) is 1.02. The van der Waals surface area contributed by atoms with Crippen LogP contribution in [0.5, 0.6) is 0 Å². The predicted octanol–water partition coefficient (Wildman–Crippen LogP) is 2.41. The molecule has 0 amide bonds. The second-order valence-corrected chi connectivity index (χ2v) is 3.32. The number of alkyl halides is 3. The van der Waals surface area contributed by atoms with Gasteiger partial charge in [0.15, 0.2) is 0 Å². The summed E-state index contributed by atoms with van der Waals surface area (Å²) in [6.07, 6.45) is -4.84. The van der Waals surface area contributed by atoms with Crippen LogP contribution in [0, 0.1) is 6.92 Å². The molecule has 0 aliphatic heterocycles. The van der Waals surface area contributed by atoms with Crippen LogP contribution in [0.3, 0.4) is 0 Å². The summed E-state index contributed by atoms with van der Waals surface area (Å²) < 4.78 is 37.8. The third-order valence-corrected chi connectivity index (χ3v) is 2.10. The fourth-order valence-corrected chi connectivity index (χ4v) is 1.46. The summed E-state index contributed by atoms with van der Waals surface area (Å²) in [5.41, 5.74) is -3.31. The highest BCUT2D eigenvalue weighted by atomic mass is 19.4. The number of carboxylic acids is 2. The Hall–Kier alpha value is -2.05. The molecule has 0 aliphatic carbocycles. The average Bonchev–Trinajstić information content (AvgIpc) is 2.13. The zero-order chi connectivity index (χ0) is 13.4. The van der Waals surface area contributed by atoms with Gasteiger partial charge in [-0.1, -0.05) is 0 Å². The van der Waals surface area contributed by atoms with Crippen molar-refractivity contribution in [2.75, 3.05) is 0 Å². The number of carbonyl (C=O) groups is 2. The molecule has 0 atom stereocenters. The van der Waals surface area contributed by atoms with Crippen LogP contribution < -0.4 is 0 Å². The molecule has 4 nitrogen and oxygen atoms in total. The van der Waals surface area contributed by atoms with Crippen LogP contribution in [0.2, 0.25) is 0 Å². The molecule has 0 radical (unpaired) electrons. The number of rotatable bonds is 2. The maximum atomic E-state index is 12.6. The molecule has 0 fully saturated rings. The molecule has 0 saturated heterocycles. The van der Waals surface area contributed by atoms with Gasteiger partial charge in [-0.15, -0.1) is 0 Å². The Bertz CT molecular complexity index is 491. The van der Waals surface area contributed by atoms with Crippen molar-refractivity contribution >= 4 is 11.9 Å². The summed E-state index contributed by atoms with van der Waals surface area (Å²) in [4.78, 5) is 21.3. The maximum Gasteiger partial charge on any atom is 0.417 e. The van der Waals surface area contributed by atoms with E-state index in [0.29, 0.717) is 6.07 Å². The normalized spacial score (nSPS) is 11.3. The van der Waals surface area contributed by atoms with E-state index in [1.807, 2.05) is 0 Å². The molecule has 17 heavy (non-hydrogen) atoms. The van der Waals surface area contributed by atoms with Crippen molar-refractivity contribution in [3.8, 4) is 0 Å². The van der Waals surface area contributed by atoms with Crippen LogP contribution in [-0.2, 0) is 6.18 Å². The number of aryl methyl sites for hydroxylation is 1. The number of carboxylic acid groups (broad SMARTS) is 2. The summed E-state index contributed by atoms with van der Waals surface area (Å²) >= 11 is 0. The first-order valence-electron chi connectivity index (χ1n) is 4.33. The van der Waals surface area contributed by atoms with Gasteiger partial charge in [0.2, 0.25) is 0 Å². The van der Waals surface area contributed by atoms with Crippen molar-refractivity contribution in [3.63, 3.8) is 0 Å². The molecule has 92 valence electrons. The Balaban J connectivity index is 3.61. The minimum atomic E-state index is -4.84. The third-order valence-electron chi connectivity index (χ3n) is 2.10. The van der Waals surface area contributed by atoms with Gasteiger partial charge in [-0.05, 0) is 24.6 Å². The standard InChI is InChI=1S/C10H7F3O4/c1-4-2-5(8(14)15)3-6(9(16)17)7(4)10(11,12)13/h2-3H,1H3,(H,14,15)(H,16,17). The third kappa shape index (κ3) is 2.55. The fourth-order valence-electron chi connectivity index (χ4n) is 1.46. The minimum absolute atomic E-state index is 0.435. The molecule has 0 bridgehead atoms. The van der Waals surface area contributed by atoms with Crippen molar-refractivity contribution in [2.45, 2.75) is 13.1 Å². The molecule has 2 N–H and O–H groups in total. The summed E-state index contributed by atoms with van der Waals surface area (Å²) in [5.74, 6) is -3.30. The lowest BCUT2D eigenvalue weighted by Gasteiger charge is -2.14. The first-order chi connectivity index (χ1) is 7.64. The molecule has 1 aromatic rings. The molecule has 0 spiro atoms. The van der Waals surface area contributed by atoms with Crippen molar-refractivity contribution in [1.29, 1.82) is 0 Å². The SMILES string of the molecule is Cc1cc(C(=O)O)cc(C(=O)O)c1C(F)(F)F. The second kappa shape index (κ2) is 4.08. The molecule has 1 rings (SSSR count). The van der Waals surface area contributed by atoms with Gasteiger partial charge in [-0.3, -0.25) is 0 Å².